The van der Waals surface area contributed by atoms with E-state index in [0.717, 1.165) is 0 Å². The van der Waals surface area contributed by atoms with Crippen LogP contribution in [0.5, 0.6) is 5.75 Å². The van der Waals surface area contributed by atoms with Crippen LogP contribution in [0.3, 0.4) is 0 Å². The Kier molecular flexibility index (Phi) is 7.26. The number of carbonyl (C=O) groups is 3. The van der Waals surface area contributed by atoms with Crippen LogP contribution >= 0.6 is 0 Å². The first-order valence-corrected chi connectivity index (χ1v) is 12.6. The number of hydrogen-bond donors (Lipinski definition) is 5. The fourth-order valence-electron chi connectivity index (χ4n) is 6.56. The van der Waals surface area contributed by atoms with Gasteiger partial charge in [0.05, 0.1) is 11.6 Å². The molecule has 0 unspecified atom stereocenters. The van der Waals surface area contributed by atoms with Gasteiger partial charge in [-0.3, -0.25) is 24.2 Å². The molecule has 39 heavy (non-hydrogen) atoms. The van der Waals surface area contributed by atoms with Crippen LogP contribution in [0.15, 0.2) is 23.0 Å². The van der Waals surface area contributed by atoms with Gasteiger partial charge in [-0.2, -0.15) is 0 Å². The molecule has 0 heterocycles. The number of carbonyl (C=O) groups excluding carboxylic acids is 3. The van der Waals surface area contributed by atoms with Gasteiger partial charge in [0.15, 0.2) is 11.4 Å². The number of halogens is 1. The smallest absolute Gasteiger partial charge is 0.255 e. The second-order valence-corrected chi connectivity index (χ2v) is 11.0. The minimum Gasteiger partial charge on any atom is -0.508 e. The second kappa shape index (κ2) is 9.92. The summed E-state index contributed by atoms with van der Waals surface area (Å²) in [5.74, 6) is -6.93. The van der Waals surface area contributed by atoms with E-state index in [1.54, 1.807) is 40.1 Å². The van der Waals surface area contributed by atoms with E-state index in [9.17, 15) is 39.2 Å². The average molecular weight is 547 g/mol. The summed E-state index contributed by atoms with van der Waals surface area (Å²) in [6.07, 6.45) is 0.182. The van der Waals surface area contributed by atoms with Gasteiger partial charge in [-0.1, -0.05) is 0 Å². The van der Waals surface area contributed by atoms with Crippen molar-refractivity contribution >= 4 is 28.9 Å². The molecule has 0 aromatic heterocycles. The van der Waals surface area contributed by atoms with Crippen LogP contribution in [0.25, 0.3) is 5.76 Å². The highest BCUT2D eigenvalue weighted by atomic mass is 19.1. The van der Waals surface area contributed by atoms with Gasteiger partial charge in [-0.15, -0.1) is 0 Å². The predicted molar refractivity (Wildman–Crippen MR) is 141 cm³/mol. The lowest BCUT2D eigenvalue weighted by molar-refractivity contribution is -0.153. The van der Waals surface area contributed by atoms with Crippen molar-refractivity contribution < 1.29 is 39.2 Å². The second-order valence-electron chi connectivity index (χ2n) is 11.0. The third-order valence-electron chi connectivity index (χ3n) is 8.13. The molecule has 6 N–H and O–H groups in total. The fourth-order valence-corrected chi connectivity index (χ4v) is 6.56. The fraction of sp³-hybridized carbons (Fsp3) is 0.519. The zero-order chi connectivity index (χ0) is 29.1. The van der Waals surface area contributed by atoms with Gasteiger partial charge >= 0.3 is 0 Å². The van der Waals surface area contributed by atoms with E-state index in [1.165, 1.54) is 11.0 Å². The van der Waals surface area contributed by atoms with Gasteiger partial charge in [0.2, 0.25) is 5.78 Å². The molecule has 1 aromatic rings. The van der Waals surface area contributed by atoms with Crippen LogP contribution in [0, 0.1) is 11.8 Å². The van der Waals surface area contributed by atoms with Crippen LogP contribution in [0.4, 0.5) is 10.1 Å². The summed E-state index contributed by atoms with van der Waals surface area (Å²) in [4.78, 5) is 44.3. The number of ketones is 2. The normalized spacial score (nSPS) is 26.6. The van der Waals surface area contributed by atoms with Crippen LogP contribution in [-0.4, -0.2) is 108 Å². The zero-order valence-electron chi connectivity index (χ0n) is 22.7. The van der Waals surface area contributed by atoms with Crippen LogP contribution in [0.2, 0.25) is 0 Å². The number of aliphatic hydroxyl groups excluding tert-OH is 2. The number of anilines is 1. The molecule has 0 aliphatic heterocycles. The van der Waals surface area contributed by atoms with Gasteiger partial charge in [-0.05, 0) is 57.1 Å². The van der Waals surface area contributed by atoms with Crippen LogP contribution < -0.4 is 10.6 Å². The number of rotatable bonds is 7. The third kappa shape index (κ3) is 4.17. The van der Waals surface area contributed by atoms with Crippen molar-refractivity contribution in [2.75, 3.05) is 53.4 Å². The molecule has 3 aliphatic carbocycles. The lowest BCUT2D eigenvalue weighted by atomic mass is 9.57. The van der Waals surface area contributed by atoms with Crippen molar-refractivity contribution in [3.8, 4) is 5.75 Å². The topological polar surface area (TPSA) is 168 Å². The molecule has 1 amide bonds. The Morgan fingerprint density at radius 2 is 1.79 bits per heavy atom. The summed E-state index contributed by atoms with van der Waals surface area (Å²) in [6.45, 7) is -0.0500. The number of aliphatic hydroxyl groups is 3. The van der Waals surface area contributed by atoms with E-state index >= 15 is 0 Å². The maximum Gasteiger partial charge on any atom is 0.255 e. The summed E-state index contributed by atoms with van der Waals surface area (Å²) in [7, 11) is 8.43. The largest absolute Gasteiger partial charge is 0.508 e. The molecular formula is C27H35FN4O7. The molecular weight excluding hydrogens is 511 g/mol. The number of amides is 1. The number of nitrogens with two attached hydrogens (primary N) is 1. The molecule has 11 nitrogen and oxygen atoms in total. The molecule has 12 heteroatoms. The number of Topliss-reactive ketones (excluding diaryl/α,β-unsaturated/α-hetero) is 2. The highest BCUT2D eigenvalue weighted by Crippen LogP contribution is 2.54. The standard InChI is InChI=1S/C27H35FN4O7/c1-30(2)20-13(11-32(5)7-6-28)10-16(33)18-14(20)8-12-9-15-21(31(3)4)23(35)19(26(29)38)25(37)27(15,39)24(36)17(12)22(18)34/h10,12,15,21,33-34,37,39H,6-9,11H2,1-5H3,(H2,29,38)/t12-,15-,21-,27-/m0/s1. The lowest BCUT2D eigenvalue weighted by Gasteiger charge is -2.50. The van der Waals surface area contributed by atoms with Crippen molar-refractivity contribution in [1.29, 1.82) is 0 Å². The van der Waals surface area contributed by atoms with Gasteiger partial charge in [0, 0.05) is 44.4 Å². The van der Waals surface area contributed by atoms with E-state index in [-0.39, 0.29) is 36.3 Å². The van der Waals surface area contributed by atoms with Gasteiger partial charge < -0.3 is 31.1 Å². The lowest BCUT2D eigenvalue weighted by Crippen LogP contribution is -2.65. The molecule has 0 saturated heterocycles. The zero-order valence-corrected chi connectivity index (χ0v) is 22.7. The Bertz CT molecular complexity index is 1320. The molecule has 1 aromatic carbocycles. The molecule has 1 fully saturated rings. The number of fused-ring (bicyclic) bond motifs is 3. The van der Waals surface area contributed by atoms with Gasteiger partial charge in [-0.25, -0.2) is 4.39 Å². The van der Waals surface area contributed by atoms with Gasteiger partial charge in [0.1, 0.15) is 29.5 Å². The molecule has 4 rings (SSSR count). The molecule has 212 valence electrons. The van der Waals surface area contributed by atoms with Gasteiger partial charge in [0.25, 0.3) is 5.91 Å². The average Bonchev–Trinajstić information content (AvgIpc) is 2.80. The molecule has 0 bridgehead atoms. The first kappa shape index (κ1) is 28.5. The summed E-state index contributed by atoms with van der Waals surface area (Å²) < 4.78 is 12.9. The first-order valence-electron chi connectivity index (χ1n) is 12.6. The van der Waals surface area contributed by atoms with E-state index in [2.05, 4.69) is 0 Å². The van der Waals surface area contributed by atoms with E-state index in [0.29, 0.717) is 23.4 Å². The number of aromatic hydroxyl groups is 1. The first-order chi connectivity index (χ1) is 18.2. The number of primary amides is 1. The Morgan fingerprint density at radius 3 is 2.33 bits per heavy atom. The number of phenolic OH excluding ortho intramolecular Hbond substituents is 1. The molecule has 0 spiro atoms. The predicted octanol–water partition coefficient (Wildman–Crippen LogP) is 0.431. The Labute approximate surface area is 225 Å². The van der Waals surface area contributed by atoms with Crippen LogP contribution in [0.1, 0.15) is 23.1 Å². The van der Waals surface area contributed by atoms with Crippen molar-refractivity contribution in [1.82, 2.24) is 9.80 Å². The van der Waals surface area contributed by atoms with E-state index in [1.807, 2.05) is 4.90 Å². The monoisotopic (exact) mass is 546 g/mol. The Balaban J connectivity index is 1.95. The van der Waals surface area contributed by atoms with Crippen molar-refractivity contribution in [2.45, 2.75) is 31.0 Å². The third-order valence-corrected chi connectivity index (χ3v) is 8.13. The molecule has 3 aliphatic rings. The Hall–Kier alpha value is -3.48. The SMILES string of the molecule is CN(CCF)Cc1cc(O)c2c(c1N(C)C)C[C@H]1C[C@H]3[C@H](N(C)C)C(=O)C(C(N)=O)=C(O)[C@@]3(O)C(=O)C1=C2O. The van der Waals surface area contributed by atoms with Crippen molar-refractivity contribution in [3.63, 3.8) is 0 Å². The number of alkyl halides is 1. The number of hydrogen-bond acceptors (Lipinski definition) is 10. The highest BCUT2D eigenvalue weighted by Gasteiger charge is 2.64. The minimum atomic E-state index is -2.68. The van der Waals surface area contributed by atoms with E-state index < -0.39 is 64.7 Å². The summed E-state index contributed by atoms with van der Waals surface area (Å²) >= 11 is 0. The summed E-state index contributed by atoms with van der Waals surface area (Å²) in [5.41, 5.74) is 3.58. The minimum absolute atomic E-state index is 0.00533. The number of likely N-dealkylation sites (N-methyl/N-ethyl adjacent to an activating group) is 1. The van der Waals surface area contributed by atoms with Crippen molar-refractivity contribution in [3.05, 3.63) is 39.7 Å². The summed E-state index contributed by atoms with van der Waals surface area (Å²) in [6, 6.07) is 0.305. The maximum absolute atomic E-state index is 13.9. The van der Waals surface area contributed by atoms with Crippen LogP contribution in [-0.2, 0) is 27.3 Å². The van der Waals surface area contributed by atoms with Crippen molar-refractivity contribution in [2.24, 2.45) is 17.6 Å². The molecule has 4 atom stereocenters. The number of nitrogens with zero attached hydrogens (tertiary/aromatic N) is 3. The summed E-state index contributed by atoms with van der Waals surface area (Å²) in [5, 5.41) is 45.0. The number of phenols is 1. The number of benzene rings is 1. The maximum atomic E-state index is 13.9. The quantitative estimate of drug-likeness (QED) is 0.303. The van der Waals surface area contributed by atoms with E-state index in [4.69, 9.17) is 5.73 Å². The molecule has 1 saturated carbocycles. The Morgan fingerprint density at radius 1 is 1.15 bits per heavy atom. The highest BCUT2D eigenvalue weighted by molar-refractivity contribution is 6.24. The molecule has 0 radical (unpaired) electrons.